The van der Waals surface area contributed by atoms with Crippen LogP contribution in [-0.4, -0.2) is 45.1 Å². The van der Waals surface area contributed by atoms with E-state index in [0.717, 1.165) is 27.9 Å². The molecule has 31 heavy (non-hydrogen) atoms. The molecule has 160 valence electrons. The molecule has 0 spiro atoms. The summed E-state index contributed by atoms with van der Waals surface area (Å²) in [5, 5.41) is 10.2. The molecule has 1 fully saturated rings. The van der Waals surface area contributed by atoms with Gasteiger partial charge in [-0.25, -0.2) is 0 Å². The van der Waals surface area contributed by atoms with Crippen LogP contribution in [-0.2, 0) is 5.41 Å². The van der Waals surface area contributed by atoms with Crippen molar-refractivity contribution in [2.75, 3.05) is 13.1 Å². The normalized spacial score (nSPS) is 16.5. The molecule has 1 aliphatic rings. The average Bonchev–Trinajstić information content (AvgIpc) is 3.19. The molecular formula is C25H26ClN3O2. The number of pyridine rings is 2. The van der Waals surface area contributed by atoms with Gasteiger partial charge in [0.25, 0.3) is 5.91 Å². The van der Waals surface area contributed by atoms with Gasteiger partial charge in [-0.2, -0.15) is 0 Å². The van der Waals surface area contributed by atoms with Crippen LogP contribution in [0, 0.1) is 0 Å². The second-order valence-electron chi connectivity index (χ2n) is 9.03. The van der Waals surface area contributed by atoms with Gasteiger partial charge in [-0.3, -0.25) is 14.8 Å². The van der Waals surface area contributed by atoms with E-state index < -0.39 is 6.10 Å². The second-order valence-corrected chi connectivity index (χ2v) is 9.44. The predicted molar refractivity (Wildman–Crippen MR) is 123 cm³/mol. The van der Waals surface area contributed by atoms with E-state index in [0.29, 0.717) is 30.1 Å². The summed E-state index contributed by atoms with van der Waals surface area (Å²) in [6.07, 6.45) is 5.59. The Kier molecular flexibility index (Phi) is 5.82. The Morgan fingerprint density at radius 1 is 1.10 bits per heavy atom. The number of rotatable bonds is 3. The minimum atomic E-state index is -0.445. The van der Waals surface area contributed by atoms with Crippen LogP contribution in [0.15, 0.2) is 55.0 Å². The molecule has 1 amide bonds. The number of nitrogens with zero attached hydrogens (tertiary/aromatic N) is 3. The number of likely N-dealkylation sites (tertiary alicyclic amines) is 1. The van der Waals surface area contributed by atoms with Crippen LogP contribution in [0.3, 0.4) is 0 Å². The monoisotopic (exact) mass is 435 g/mol. The molecule has 4 rings (SSSR count). The van der Waals surface area contributed by atoms with Gasteiger partial charge in [0.05, 0.1) is 6.10 Å². The maximum Gasteiger partial charge on any atom is 0.253 e. The fourth-order valence-corrected chi connectivity index (χ4v) is 4.05. The van der Waals surface area contributed by atoms with E-state index in [1.165, 1.54) is 0 Å². The fraction of sp³-hybridized carbons (Fsp3) is 0.320. The van der Waals surface area contributed by atoms with Crippen LogP contribution in [0.2, 0.25) is 5.02 Å². The van der Waals surface area contributed by atoms with Crippen molar-refractivity contribution in [3.63, 3.8) is 0 Å². The molecule has 3 aromatic rings. The van der Waals surface area contributed by atoms with Crippen LogP contribution in [0.5, 0.6) is 0 Å². The van der Waals surface area contributed by atoms with Gasteiger partial charge < -0.3 is 10.0 Å². The number of hydrogen-bond donors (Lipinski definition) is 1. The molecule has 1 aliphatic heterocycles. The molecule has 1 atom stereocenters. The van der Waals surface area contributed by atoms with Gasteiger partial charge in [0.1, 0.15) is 0 Å². The lowest BCUT2D eigenvalue weighted by atomic mass is 9.90. The third-order valence-corrected chi connectivity index (χ3v) is 5.89. The first kappa shape index (κ1) is 21.5. The molecule has 5 nitrogen and oxygen atoms in total. The maximum atomic E-state index is 12.7. The van der Waals surface area contributed by atoms with Gasteiger partial charge in [0.15, 0.2) is 0 Å². The zero-order valence-electron chi connectivity index (χ0n) is 18.0. The number of hydrogen-bond acceptors (Lipinski definition) is 4. The van der Waals surface area contributed by atoms with Crippen LogP contribution in [0.4, 0.5) is 0 Å². The maximum absolute atomic E-state index is 12.7. The highest BCUT2D eigenvalue weighted by atomic mass is 35.5. The molecule has 0 saturated carbocycles. The third-order valence-electron chi connectivity index (χ3n) is 5.58. The predicted octanol–water partition coefficient (Wildman–Crippen LogP) is 4.97. The Morgan fingerprint density at radius 2 is 1.87 bits per heavy atom. The van der Waals surface area contributed by atoms with Crippen molar-refractivity contribution in [3.8, 4) is 22.3 Å². The van der Waals surface area contributed by atoms with E-state index >= 15 is 0 Å². The summed E-state index contributed by atoms with van der Waals surface area (Å²) in [6.45, 7) is 7.35. The Hall–Kier alpha value is -2.76. The topological polar surface area (TPSA) is 66.3 Å². The molecule has 0 aliphatic carbocycles. The van der Waals surface area contributed by atoms with E-state index in [-0.39, 0.29) is 11.3 Å². The molecule has 0 radical (unpaired) electrons. The van der Waals surface area contributed by atoms with E-state index in [2.05, 4.69) is 36.8 Å². The van der Waals surface area contributed by atoms with Gasteiger partial charge in [0.2, 0.25) is 0 Å². The van der Waals surface area contributed by atoms with Crippen molar-refractivity contribution < 1.29 is 9.90 Å². The summed E-state index contributed by atoms with van der Waals surface area (Å²) < 4.78 is 0. The Bertz CT molecular complexity index is 1120. The Balaban J connectivity index is 1.63. The number of benzene rings is 1. The Morgan fingerprint density at radius 3 is 2.55 bits per heavy atom. The SMILES string of the molecule is CC(C)(C)c1cc(-c2cncc(-c3ccc(C(=O)N4CC[C@@H](O)C4)cc3Cl)c2)ccn1. The zero-order valence-corrected chi connectivity index (χ0v) is 18.7. The summed E-state index contributed by atoms with van der Waals surface area (Å²) in [5.74, 6) is -0.108. The molecular weight excluding hydrogens is 410 g/mol. The van der Waals surface area contributed by atoms with Crippen LogP contribution in [0.1, 0.15) is 43.2 Å². The molecule has 1 N–H and O–H groups in total. The van der Waals surface area contributed by atoms with Crippen molar-refractivity contribution in [1.82, 2.24) is 14.9 Å². The van der Waals surface area contributed by atoms with Gasteiger partial charge in [0, 0.05) is 70.1 Å². The van der Waals surface area contributed by atoms with E-state index in [1.807, 2.05) is 30.6 Å². The number of amides is 1. The first-order chi connectivity index (χ1) is 14.7. The number of halogens is 1. The van der Waals surface area contributed by atoms with Crippen LogP contribution >= 0.6 is 11.6 Å². The van der Waals surface area contributed by atoms with Crippen LogP contribution < -0.4 is 0 Å². The lowest BCUT2D eigenvalue weighted by molar-refractivity contribution is 0.0765. The average molecular weight is 436 g/mol. The van der Waals surface area contributed by atoms with Crippen molar-refractivity contribution in [1.29, 1.82) is 0 Å². The van der Waals surface area contributed by atoms with E-state index in [1.54, 1.807) is 23.2 Å². The first-order valence-electron chi connectivity index (χ1n) is 10.4. The molecule has 6 heteroatoms. The van der Waals surface area contributed by atoms with Crippen LogP contribution in [0.25, 0.3) is 22.3 Å². The minimum absolute atomic E-state index is 0.0435. The first-order valence-corrected chi connectivity index (χ1v) is 10.8. The van der Waals surface area contributed by atoms with Gasteiger partial charge in [-0.05, 0) is 42.3 Å². The van der Waals surface area contributed by atoms with Gasteiger partial charge in [-0.1, -0.05) is 38.4 Å². The quantitative estimate of drug-likeness (QED) is 0.630. The molecule has 2 aromatic heterocycles. The summed E-state index contributed by atoms with van der Waals surface area (Å²) >= 11 is 6.57. The largest absolute Gasteiger partial charge is 0.391 e. The molecule has 1 aromatic carbocycles. The summed E-state index contributed by atoms with van der Waals surface area (Å²) in [7, 11) is 0. The molecule has 3 heterocycles. The number of β-amino-alcohol motifs (C(OH)–C–C–N with tert-alkyl or cyclic N) is 1. The highest BCUT2D eigenvalue weighted by Gasteiger charge is 2.25. The number of aliphatic hydroxyl groups is 1. The standard InChI is InChI=1S/C25H26ClN3O2/c1-25(2,3)23-12-16(6-8-28-23)18-10-19(14-27-13-18)21-5-4-17(11-22(21)26)24(31)29-9-7-20(30)15-29/h4-6,8,10-14,20,30H,7,9,15H2,1-3H3/t20-/m1/s1. The molecule has 1 saturated heterocycles. The number of carbonyl (C=O) groups is 1. The number of carbonyl (C=O) groups excluding carboxylic acids is 1. The molecule has 0 unspecified atom stereocenters. The van der Waals surface area contributed by atoms with Crippen molar-refractivity contribution in [2.24, 2.45) is 0 Å². The second kappa shape index (κ2) is 8.40. The smallest absolute Gasteiger partial charge is 0.253 e. The highest BCUT2D eigenvalue weighted by molar-refractivity contribution is 6.33. The van der Waals surface area contributed by atoms with Gasteiger partial charge >= 0.3 is 0 Å². The third kappa shape index (κ3) is 4.63. The highest BCUT2D eigenvalue weighted by Crippen LogP contribution is 2.32. The minimum Gasteiger partial charge on any atom is -0.391 e. The zero-order chi connectivity index (χ0) is 22.2. The fourth-order valence-electron chi connectivity index (χ4n) is 3.76. The van der Waals surface area contributed by atoms with Gasteiger partial charge in [-0.15, -0.1) is 0 Å². The number of aromatic nitrogens is 2. The lowest BCUT2D eigenvalue weighted by Gasteiger charge is -2.18. The van der Waals surface area contributed by atoms with Crippen molar-refractivity contribution in [3.05, 3.63) is 71.3 Å². The molecule has 0 bridgehead atoms. The van der Waals surface area contributed by atoms with E-state index in [4.69, 9.17) is 11.6 Å². The number of aliphatic hydroxyl groups excluding tert-OH is 1. The van der Waals surface area contributed by atoms with Crippen molar-refractivity contribution in [2.45, 2.75) is 38.7 Å². The summed E-state index contributed by atoms with van der Waals surface area (Å²) in [6, 6.07) is 11.5. The summed E-state index contributed by atoms with van der Waals surface area (Å²) in [5.41, 5.74) is 5.22. The summed E-state index contributed by atoms with van der Waals surface area (Å²) in [4.78, 5) is 23.3. The Labute approximate surface area is 187 Å². The van der Waals surface area contributed by atoms with E-state index in [9.17, 15) is 9.90 Å². The lowest BCUT2D eigenvalue weighted by Crippen LogP contribution is -2.29. The van der Waals surface area contributed by atoms with Crippen molar-refractivity contribution >= 4 is 17.5 Å².